The molecule has 1 atom stereocenters. The molecule has 0 spiro atoms. The van der Waals surface area contributed by atoms with Crippen LogP contribution in [0.2, 0.25) is 0 Å². The van der Waals surface area contributed by atoms with Gasteiger partial charge in [-0.1, -0.05) is 6.07 Å². The SMILES string of the molecule is O=C(C1CCN(Cc2ccc(F)cc2F)C1)N1CCc2sccc2C1. The van der Waals surface area contributed by atoms with Crippen LogP contribution in [0.5, 0.6) is 0 Å². The number of nitrogens with zero attached hydrogens (tertiary/aromatic N) is 2. The molecule has 2 aliphatic rings. The molecule has 132 valence electrons. The summed E-state index contributed by atoms with van der Waals surface area (Å²) in [5.41, 5.74) is 1.75. The summed E-state index contributed by atoms with van der Waals surface area (Å²) < 4.78 is 26.8. The second-order valence-corrected chi connectivity index (χ2v) is 7.84. The summed E-state index contributed by atoms with van der Waals surface area (Å²) in [7, 11) is 0. The van der Waals surface area contributed by atoms with Crippen LogP contribution in [0.25, 0.3) is 0 Å². The molecule has 25 heavy (non-hydrogen) atoms. The molecule has 1 saturated heterocycles. The average Bonchev–Trinajstić information content (AvgIpc) is 3.25. The van der Waals surface area contributed by atoms with Gasteiger partial charge < -0.3 is 4.90 Å². The van der Waals surface area contributed by atoms with Crippen molar-refractivity contribution in [2.24, 2.45) is 5.92 Å². The molecule has 1 amide bonds. The van der Waals surface area contributed by atoms with Crippen LogP contribution in [0.1, 0.15) is 22.4 Å². The van der Waals surface area contributed by atoms with Gasteiger partial charge in [-0.15, -0.1) is 11.3 Å². The average molecular weight is 362 g/mol. The van der Waals surface area contributed by atoms with E-state index in [4.69, 9.17) is 0 Å². The van der Waals surface area contributed by atoms with Gasteiger partial charge in [0.1, 0.15) is 11.6 Å². The van der Waals surface area contributed by atoms with Crippen LogP contribution in [-0.4, -0.2) is 35.3 Å². The number of carbonyl (C=O) groups is 1. The number of carbonyl (C=O) groups excluding carboxylic acids is 1. The van der Waals surface area contributed by atoms with Crippen LogP contribution in [0.15, 0.2) is 29.6 Å². The van der Waals surface area contributed by atoms with Crippen molar-refractivity contribution in [3.63, 3.8) is 0 Å². The number of hydrogen-bond donors (Lipinski definition) is 0. The first kappa shape index (κ1) is 16.7. The molecule has 3 heterocycles. The molecule has 1 aromatic carbocycles. The fourth-order valence-corrected chi connectivity index (χ4v) is 4.65. The van der Waals surface area contributed by atoms with Crippen LogP contribution in [0, 0.1) is 17.6 Å². The van der Waals surface area contributed by atoms with Crippen molar-refractivity contribution < 1.29 is 13.6 Å². The van der Waals surface area contributed by atoms with Crippen molar-refractivity contribution >= 4 is 17.2 Å². The Bertz CT molecular complexity index is 791. The third kappa shape index (κ3) is 3.46. The summed E-state index contributed by atoms with van der Waals surface area (Å²) in [4.78, 5) is 18.3. The topological polar surface area (TPSA) is 23.6 Å². The predicted molar refractivity (Wildman–Crippen MR) is 93.2 cm³/mol. The molecule has 0 aliphatic carbocycles. The minimum absolute atomic E-state index is 0.0244. The van der Waals surface area contributed by atoms with Crippen LogP contribution in [-0.2, 0) is 24.3 Å². The summed E-state index contributed by atoms with van der Waals surface area (Å²) >= 11 is 1.77. The van der Waals surface area contributed by atoms with Crippen LogP contribution in [0.3, 0.4) is 0 Å². The number of thiophene rings is 1. The number of amides is 1. The number of likely N-dealkylation sites (tertiary alicyclic amines) is 1. The molecule has 0 bridgehead atoms. The van der Waals surface area contributed by atoms with Crippen molar-refractivity contribution in [2.45, 2.75) is 25.9 Å². The van der Waals surface area contributed by atoms with E-state index in [-0.39, 0.29) is 11.8 Å². The zero-order valence-electron chi connectivity index (χ0n) is 13.9. The van der Waals surface area contributed by atoms with Gasteiger partial charge in [-0.05, 0) is 42.5 Å². The van der Waals surface area contributed by atoms with Crippen LogP contribution >= 0.6 is 11.3 Å². The van der Waals surface area contributed by atoms with E-state index in [1.54, 1.807) is 11.3 Å². The first-order valence-electron chi connectivity index (χ1n) is 8.60. The van der Waals surface area contributed by atoms with Crippen molar-refractivity contribution in [1.29, 1.82) is 0 Å². The number of benzene rings is 1. The lowest BCUT2D eigenvalue weighted by Crippen LogP contribution is -2.40. The third-order valence-corrected chi connectivity index (χ3v) is 6.17. The van der Waals surface area contributed by atoms with E-state index in [1.165, 1.54) is 22.6 Å². The van der Waals surface area contributed by atoms with Gasteiger partial charge in [-0.3, -0.25) is 9.69 Å². The second-order valence-electron chi connectivity index (χ2n) is 6.84. The molecule has 1 aromatic heterocycles. The van der Waals surface area contributed by atoms with E-state index >= 15 is 0 Å². The molecule has 1 fully saturated rings. The van der Waals surface area contributed by atoms with Crippen molar-refractivity contribution in [2.75, 3.05) is 19.6 Å². The highest BCUT2D eigenvalue weighted by Crippen LogP contribution is 2.27. The van der Waals surface area contributed by atoms with Gasteiger partial charge in [0.2, 0.25) is 5.91 Å². The summed E-state index contributed by atoms with van der Waals surface area (Å²) in [6.07, 6.45) is 1.74. The van der Waals surface area contributed by atoms with Crippen LogP contribution < -0.4 is 0 Å². The molecule has 2 aromatic rings. The molecule has 2 aliphatic heterocycles. The maximum absolute atomic E-state index is 13.8. The van der Waals surface area contributed by atoms with Gasteiger partial charge in [-0.2, -0.15) is 0 Å². The lowest BCUT2D eigenvalue weighted by atomic mass is 10.0. The van der Waals surface area contributed by atoms with Gasteiger partial charge >= 0.3 is 0 Å². The Morgan fingerprint density at radius 3 is 2.96 bits per heavy atom. The van der Waals surface area contributed by atoms with Gasteiger partial charge in [-0.25, -0.2) is 8.78 Å². The van der Waals surface area contributed by atoms with E-state index in [0.717, 1.165) is 32.0 Å². The summed E-state index contributed by atoms with van der Waals surface area (Å²) in [6.45, 7) is 3.33. The molecular formula is C19H20F2N2OS. The first-order chi connectivity index (χ1) is 12.1. The summed E-state index contributed by atoms with van der Waals surface area (Å²) in [5, 5.41) is 2.09. The minimum atomic E-state index is -0.561. The highest BCUT2D eigenvalue weighted by molar-refractivity contribution is 7.10. The number of halogens is 2. The highest BCUT2D eigenvalue weighted by Gasteiger charge is 2.33. The van der Waals surface area contributed by atoms with E-state index in [2.05, 4.69) is 16.3 Å². The van der Waals surface area contributed by atoms with Crippen molar-refractivity contribution in [3.05, 3.63) is 57.3 Å². The largest absolute Gasteiger partial charge is 0.338 e. The van der Waals surface area contributed by atoms with Crippen molar-refractivity contribution in [1.82, 2.24) is 9.80 Å². The fourth-order valence-electron chi connectivity index (χ4n) is 3.76. The lowest BCUT2D eigenvalue weighted by Gasteiger charge is -2.29. The molecule has 1 unspecified atom stereocenters. The number of rotatable bonds is 3. The monoisotopic (exact) mass is 362 g/mol. The first-order valence-corrected chi connectivity index (χ1v) is 9.48. The standard InChI is InChI=1S/C19H20F2N2OS/c20-16-2-1-13(17(21)9-16)10-22-6-3-15(11-22)19(24)23-7-4-18-14(12-23)5-8-25-18/h1-2,5,8-9,15H,3-4,6-7,10-12H2. The molecule has 6 heteroatoms. The zero-order valence-corrected chi connectivity index (χ0v) is 14.7. The van der Waals surface area contributed by atoms with E-state index in [9.17, 15) is 13.6 Å². The Hall–Kier alpha value is -1.79. The maximum atomic E-state index is 13.8. The third-order valence-electron chi connectivity index (χ3n) is 5.15. The summed E-state index contributed by atoms with van der Waals surface area (Å²) in [5.74, 6) is -0.896. The quantitative estimate of drug-likeness (QED) is 0.835. The Labute approximate surface area is 149 Å². The normalized spacial score (nSPS) is 20.7. The number of fused-ring (bicyclic) bond motifs is 1. The molecule has 3 nitrogen and oxygen atoms in total. The van der Waals surface area contributed by atoms with E-state index in [0.29, 0.717) is 25.2 Å². The Kier molecular flexibility index (Phi) is 4.56. The van der Waals surface area contributed by atoms with Crippen LogP contribution in [0.4, 0.5) is 8.78 Å². The molecule has 0 saturated carbocycles. The maximum Gasteiger partial charge on any atom is 0.227 e. The van der Waals surface area contributed by atoms with Gasteiger partial charge in [0, 0.05) is 42.7 Å². The Morgan fingerprint density at radius 1 is 1.24 bits per heavy atom. The van der Waals surface area contributed by atoms with E-state index in [1.807, 2.05) is 4.90 Å². The fraction of sp³-hybridized carbons (Fsp3) is 0.421. The molecule has 0 radical (unpaired) electrons. The molecule has 0 N–H and O–H groups in total. The molecular weight excluding hydrogens is 342 g/mol. The number of hydrogen-bond acceptors (Lipinski definition) is 3. The van der Waals surface area contributed by atoms with Gasteiger partial charge in [0.25, 0.3) is 0 Å². The Morgan fingerprint density at radius 2 is 2.12 bits per heavy atom. The highest BCUT2D eigenvalue weighted by atomic mass is 32.1. The van der Waals surface area contributed by atoms with Gasteiger partial charge in [0.05, 0.1) is 5.92 Å². The predicted octanol–water partition coefficient (Wildman–Crippen LogP) is 3.43. The minimum Gasteiger partial charge on any atom is -0.338 e. The second kappa shape index (κ2) is 6.84. The van der Waals surface area contributed by atoms with E-state index < -0.39 is 11.6 Å². The van der Waals surface area contributed by atoms with Crippen molar-refractivity contribution in [3.8, 4) is 0 Å². The van der Waals surface area contributed by atoms with Gasteiger partial charge in [0.15, 0.2) is 0 Å². The molecule has 4 rings (SSSR count). The smallest absolute Gasteiger partial charge is 0.227 e. The zero-order chi connectivity index (χ0) is 17.4. The lowest BCUT2D eigenvalue weighted by molar-refractivity contribution is -0.136. The summed E-state index contributed by atoms with van der Waals surface area (Å²) in [6, 6.07) is 5.80. The Balaban J connectivity index is 1.36.